The third kappa shape index (κ3) is 2.20. The Bertz CT molecular complexity index is 827. The Balaban J connectivity index is 1.63. The molecule has 2 aromatic carbocycles. The van der Waals surface area contributed by atoms with E-state index in [9.17, 15) is 4.39 Å². The number of halogens is 1. The molecule has 112 valence electrons. The lowest BCUT2D eigenvalue weighted by Gasteiger charge is -2.34. The molecule has 1 unspecified atom stereocenters. The second-order valence-corrected chi connectivity index (χ2v) is 5.87. The SMILES string of the molecule is CC1c2ccccc2CCN1Cc1noc2cc(F)ccc12. The molecule has 0 spiro atoms. The van der Waals surface area contributed by atoms with Crippen molar-refractivity contribution in [3.05, 3.63) is 65.1 Å². The van der Waals surface area contributed by atoms with Crippen LogP contribution in [-0.2, 0) is 13.0 Å². The molecule has 2 heterocycles. The predicted octanol–water partition coefficient (Wildman–Crippen LogP) is 4.09. The van der Waals surface area contributed by atoms with Crippen LogP contribution >= 0.6 is 0 Å². The lowest BCUT2D eigenvalue weighted by molar-refractivity contribution is 0.185. The van der Waals surface area contributed by atoms with Crippen molar-refractivity contribution in [3.8, 4) is 0 Å². The van der Waals surface area contributed by atoms with Gasteiger partial charge in [0.1, 0.15) is 11.5 Å². The summed E-state index contributed by atoms with van der Waals surface area (Å²) < 4.78 is 18.5. The Morgan fingerprint density at radius 3 is 3.05 bits per heavy atom. The summed E-state index contributed by atoms with van der Waals surface area (Å²) in [5.74, 6) is -0.296. The van der Waals surface area contributed by atoms with E-state index in [2.05, 4.69) is 41.2 Å². The van der Waals surface area contributed by atoms with Crippen LogP contribution in [0, 0.1) is 5.82 Å². The van der Waals surface area contributed by atoms with Crippen molar-refractivity contribution in [1.29, 1.82) is 0 Å². The maximum Gasteiger partial charge on any atom is 0.170 e. The van der Waals surface area contributed by atoms with E-state index >= 15 is 0 Å². The maximum atomic E-state index is 13.2. The van der Waals surface area contributed by atoms with E-state index in [-0.39, 0.29) is 5.82 Å². The van der Waals surface area contributed by atoms with Crippen molar-refractivity contribution in [2.45, 2.75) is 25.9 Å². The zero-order valence-corrected chi connectivity index (χ0v) is 12.4. The van der Waals surface area contributed by atoms with Crippen molar-refractivity contribution in [2.24, 2.45) is 0 Å². The fourth-order valence-corrected chi connectivity index (χ4v) is 3.31. The normalized spacial score (nSPS) is 18.5. The summed E-state index contributed by atoms with van der Waals surface area (Å²) in [4.78, 5) is 2.39. The average molecular weight is 296 g/mol. The first-order valence-electron chi connectivity index (χ1n) is 7.58. The highest BCUT2D eigenvalue weighted by Gasteiger charge is 2.24. The Kier molecular flexibility index (Phi) is 3.19. The Morgan fingerprint density at radius 1 is 1.27 bits per heavy atom. The van der Waals surface area contributed by atoms with Crippen LogP contribution in [0.4, 0.5) is 4.39 Å². The molecule has 0 saturated heterocycles. The molecule has 4 rings (SSSR count). The van der Waals surface area contributed by atoms with Gasteiger partial charge in [0.2, 0.25) is 0 Å². The van der Waals surface area contributed by atoms with Gasteiger partial charge in [-0.05, 0) is 36.6 Å². The highest BCUT2D eigenvalue weighted by atomic mass is 19.1. The number of nitrogens with zero attached hydrogens (tertiary/aromatic N) is 2. The van der Waals surface area contributed by atoms with E-state index in [4.69, 9.17) is 4.52 Å². The van der Waals surface area contributed by atoms with Gasteiger partial charge < -0.3 is 4.52 Å². The molecule has 1 atom stereocenters. The molecule has 0 aliphatic carbocycles. The van der Waals surface area contributed by atoms with Crippen molar-refractivity contribution < 1.29 is 8.91 Å². The van der Waals surface area contributed by atoms with Gasteiger partial charge in [-0.2, -0.15) is 0 Å². The minimum atomic E-state index is -0.296. The monoisotopic (exact) mass is 296 g/mol. The largest absolute Gasteiger partial charge is 0.356 e. The van der Waals surface area contributed by atoms with E-state index in [1.165, 1.54) is 23.3 Å². The molecule has 22 heavy (non-hydrogen) atoms. The van der Waals surface area contributed by atoms with Crippen LogP contribution in [0.2, 0.25) is 0 Å². The van der Waals surface area contributed by atoms with Crippen LogP contribution in [0.3, 0.4) is 0 Å². The van der Waals surface area contributed by atoms with Crippen molar-refractivity contribution in [3.63, 3.8) is 0 Å². The second-order valence-electron chi connectivity index (χ2n) is 5.87. The van der Waals surface area contributed by atoms with Gasteiger partial charge in [-0.15, -0.1) is 0 Å². The molecular weight excluding hydrogens is 279 g/mol. The summed E-state index contributed by atoms with van der Waals surface area (Å²) in [6.07, 6.45) is 1.05. The first kappa shape index (κ1) is 13.5. The van der Waals surface area contributed by atoms with Gasteiger partial charge in [-0.3, -0.25) is 4.90 Å². The number of rotatable bonds is 2. The zero-order chi connectivity index (χ0) is 15.1. The van der Waals surface area contributed by atoms with Gasteiger partial charge in [0.25, 0.3) is 0 Å². The molecule has 3 aromatic rings. The Morgan fingerprint density at radius 2 is 2.14 bits per heavy atom. The average Bonchev–Trinajstić information content (AvgIpc) is 2.92. The number of hydrogen-bond donors (Lipinski definition) is 0. The quantitative estimate of drug-likeness (QED) is 0.713. The second kappa shape index (κ2) is 5.21. The fraction of sp³-hybridized carbons (Fsp3) is 0.278. The lowest BCUT2D eigenvalue weighted by Crippen LogP contribution is -2.33. The fourth-order valence-electron chi connectivity index (χ4n) is 3.31. The minimum Gasteiger partial charge on any atom is -0.356 e. The Hall–Kier alpha value is -2.20. The summed E-state index contributed by atoms with van der Waals surface area (Å²) in [7, 11) is 0. The number of hydrogen-bond acceptors (Lipinski definition) is 3. The highest BCUT2D eigenvalue weighted by molar-refractivity contribution is 5.79. The molecule has 0 bridgehead atoms. The topological polar surface area (TPSA) is 29.3 Å². The van der Waals surface area contributed by atoms with E-state index in [1.54, 1.807) is 6.07 Å². The van der Waals surface area contributed by atoms with Gasteiger partial charge in [-0.1, -0.05) is 29.4 Å². The molecule has 0 fully saturated rings. The van der Waals surface area contributed by atoms with Crippen molar-refractivity contribution in [1.82, 2.24) is 10.1 Å². The molecule has 1 aliphatic rings. The molecule has 1 aliphatic heterocycles. The van der Waals surface area contributed by atoms with Crippen molar-refractivity contribution in [2.75, 3.05) is 6.54 Å². The minimum absolute atomic E-state index is 0.296. The lowest BCUT2D eigenvalue weighted by atomic mass is 9.93. The summed E-state index contributed by atoms with van der Waals surface area (Å²) >= 11 is 0. The van der Waals surface area contributed by atoms with Gasteiger partial charge >= 0.3 is 0 Å². The smallest absolute Gasteiger partial charge is 0.170 e. The Labute approximate surface area is 128 Å². The van der Waals surface area contributed by atoms with E-state index in [0.717, 1.165) is 24.0 Å². The molecule has 0 radical (unpaired) electrons. The molecule has 3 nitrogen and oxygen atoms in total. The predicted molar refractivity (Wildman–Crippen MR) is 82.9 cm³/mol. The maximum absolute atomic E-state index is 13.2. The van der Waals surface area contributed by atoms with Crippen LogP contribution in [0.1, 0.15) is 29.8 Å². The summed E-state index contributed by atoms with van der Waals surface area (Å²) in [6, 6.07) is 13.5. The van der Waals surface area contributed by atoms with Gasteiger partial charge in [-0.25, -0.2) is 4.39 Å². The van der Waals surface area contributed by atoms with Gasteiger partial charge in [0, 0.05) is 30.6 Å². The summed E-state index contributed by atoms with van der Waals surface area (Å²) in [6.45, 7) is 3.93. The van der Waals surface area contributed by atoms with Crippen LogP contribution < -0.4 is 0 Å². The molecular formula is C18H17FN2O. The standard InChI is InChI=1S/C18H17FN2O/c1-12-15-5-3-2-4-13(15)8-9-21(12)11-17-16-7-6-14(19)10-18(16)22-20-17/h2-7,10,12H,8-9,11H2,1H3. The van der Waals surface area contributed by atoms with Crippen LogP contribution in [0.25, 0.3) is 11.0 Å². The first-order chi connectivity index (χ1) is 10.7. The van der Waals surface area contributed by atoms with Gasteiger partial charge in [0.05, 0.1) is 0 Å². The van der Waals surface area contributed by atoms with Crippen molar-refractivity contribution >= 4 is 11.0 Å². The molecule has 0 saturated carbocycles. The number of fused-ring (bicyclic) bond motifs is 2. The number of benzene rings is 2. The van der Waals surface area contributed by atoms with Crippen LogP contribution in [-0.4, -0.2) is 16.6 Å². The zero-order valence-electron chi connectivity index (χ0n) is 12.4. The van der Waals surface area contributed by atoms with Gasteiger partial charge in [0.15, 0.2) is 5.58 Å². The molecule has 0 N–H and O–H groups in total. The van der Waals surface area contributed by atoms with E-state index in [0.29, 0.717) is 18.2 Å². The summed E-state index contributed by atoms with van der Waals surface area (Å²) in [5.41, 5.74) is 4.20. The summed E-state index contributed by atoms with van der Waals surface area (Å²) in [5, 5.41) is 5.03. The molecule has 4 heteroatoms. The third-order valence-corrected chi connectivity index (χ3v) is 4.58. The third-order valence-electron chi connectivity index (χ3n) is 4.58. The molecule has 1 aromatic heterocycles. The first-order valence-corrected chi connectivity index (χ1v) is 7.58. The molecule has 0 amide bonds. The highest BCUT2D eigenvalue weighted by Crippen LogP contribution is 2.31. The van der Waals surface area contributed by atoms with Crippen LogP contribution in [0.15, 0.2) is 47.0 Å². The van der Waals surface area contributed by atoms with Crippen LogP contribution in [0.5, 0.6) is 0 Å². The number of aromatic nitrogens is 1. The van der Waals surface area contributed by atoms with E-state index in [1.807, 2.05) is 0 Å². The van der Waals surface area contributed by atoms with E-state index < -0.39 is 0 Å².